The molecule has 2 atom stereocenters. The second kappa shape index (κ2) is 14.7. The highest BCUT2D eigenvalue weighted by Crippen LogP contribution is 2.41. The number of hydrogen-bond donors (Lipinski definition) is 6. The van der Waals surface area contributed by atoms with E-state index in [2.05, 4.69) is 20.8 Å². The first-order valence-corrected chi connectivity index (χ1v) is 18.8. The first kappa shape index (κ1) is 38.3. The van der Waals surface area contributed by atoms with E-state index in [0.717, 1.165) is 37.3 Å². The maximum atomic E-state index is 13.5. The Morgan fingerprint density at radius 2 is 1.89 bits per heavy atom. The number of nitrogens with zero attached hydrogens (tertiary/aromatic N) is 5. The smallest absolute Gasteiger partial charge is 0.352 e. The van der Waals surface area contributed by atoms with E-state index in [4.69, 9.17) is 10.6 Å². The van der Waals surface area contributed by atoms with Crippen LogP contribution in [-0.2, 0) is 31.1 Å². The molecule has 6 rings (SSSR count). The number of quaternary nitrogens is 1. The van der Waals surface area contributed by atoms with Crippen molar-refractivity contribution in [2.75, 3.05) is 44.2 Å². The van der Waals surface area contributed by atoms with Crippen LogP contribution in [0.1, 0.15) is 42.7 Å². The van der Waals surface area contributed by atoms with Gasteiger partial charge in [-0.1, -0.05) is 11.2 Å². The first-order valence-electron chi connectivity index (χ1n) is 16.9. The van der Waals surface area contributed by atoms with E-state index in [0.29, 0.717) is 28.7 Å². The average molecular weight is 784 g/mol. The zero-order chi connectivity index (χ0) is 39.1. The van der Waals surface area contributed by atoms with Crippen LogP contribution in [0.4, 0.5) is 5.13 Å². The number of carbonyl (C=O) groups excluding carboxylic acids is 3. The van der Waals surface area contributed by atoms with E-state index >= 15 is 0 Å². The number of thiazole rings is 1. The van der Waals surface area contributed by atoms with Crippen molar-refractivity contribution < 1.29 is 48.6 Å². The molecular formula is C34H39N8O10S2+. The molecule has 0 saturated carbocycles. The van der Waals surface area contributed by atoms with Crippen LogP contribution in [-0.4, -0.2) is 125 Å². The van der Waals surface area contributed by atoms with Gasteiger partial charge in [0, 0.05) is 36.6 Å². The maximum absolute atomic E-state index is 13.5. The number of nitrogens with two attached hydrogens (primary N) is 1. The Morgan fingerprint density at radius 1 is 1.17 bits per heavy atom. The summed E-state index contributed by atoms with van der Waals surface area (Å²) in [4.78, 5) is 87.5. The molecule has 3 aliphatic heterocycles. The highest BCUT2D eigenvalue weighted by molar-refractivity contribution is 8.00. The molecule has 3 aromatic rings. The molecule has 0 aliphatic carbocycles. The molecule has 2 fully saturated rings. The minimum Gasteiger partial charge on any atom is -0.503 e. The lowest BCUT2D eigenvalue weighted by Crippen LogP contribution is -2.71. The van der Waals surface area contributed by atoms with Gasteiger partial charge in [-0.25, -0.2) is 14.6 Å². The van der Waals surface area contributed by atoms with Gasteiger partial charge in [0.15, 0.2) is 16.6 Å². The van der Waals surface area contributed by atoms with Gasteiger partial charge in [0.2, 0.25) is 11.0 Å². The lowest BCUT2D eigenvalue weighted by molar-refractivity contribution is -0.911. The molecule has 3 aliphatic rings. The Bertz CT molecular complexity index is 2190. The minimum absolute atomic E-state index is 0.00310. The van der Waals surface area contributed by atoms with Crippen LogP contribution in [0, 0.1) is 0 Å². The van der Waals surface area contributed by atoms with E-state index in [1.807, 2.05) is 0 Å². The van der Waals surface area contributed by atoms with Crippen LogP contribution in [0.2, 0.25) is 0 Å². The number of benzene rings is 1. The Balaban J connectivity index is 1.16. The number of aryl methyl sites for hydroxylation is 1. The number of anilines is 1. The van der Waals surface area contributed by atoms with Crippen LogP contribution in [0.5, 0.6) is 5.75 Å². The van der Waals surface area contributed by atoms with Crippen molar-refractivity contribution in [2.45, 2.75) is 43.7 Å². The number of para-hydroxylation sites is 1. The molecule has 0 spiro atoms. The van der Waals surface area contributed by atoms with Gasteiger partial charge in [-0.15, -0.1) is 23.1 Å². The zero-order valence-corrected chi connectivity index (χ0v) is 31.2. The van der Waals surface area contributed by atoms with E-state index in [1.165, 1.54) is 46.7 Å². The largest absolute Gasteiger partial charge is 0.503 e. The summed E-state index contributed by atoms with van der Waals surface area (Å²) in [7, 11) is 1.63. The fourth-order valence-electron chi connectivity index (χ4n) is 6.92. The molecular weight excluding hydrogens is 745 g/mol. The van der Waals surface area contributed by atoms with Crippen LogP contribution in [0.3, 0.4) is 0 Å². The van der Waals surface area contributed by atoms with Crippen molar-refractivity contribution in [3.05, 3.63) is 62.5 Å². The molecule has 2 aromatic heterocycles. The summed E-state index contributed by atoms with van der Waals surface area (Å²) >= 11 is 2.32. The van der Waals surface area contributed by atoms with Gasteiger partial charge in [-0.05, 0) is 26.0 Å². The molecule has 1 aromatic carbocycles. The number of rotatable bonds is 13. The monoisotopic (exact) mass is 783 g/mol. The molecule has 0 unspecified atom stereocenters. The van der Waals surface area contributed by atoms with E-state index in [-0.39, 0.29) is 39.8 Å². The number of carboxylic acid groups (broad SMARTS) is 2. The Labute approximate surface area is 315 Å². The molecule has 0 bridgehead atoms. The van der Waals surface area contributed by atoms with Gasteiger partial charge >= 0.3 is 11.9 Å². The van der Waals surface area contributed by atoms with Gasteiger partial charge in [0.05, 0.1) is 48.8 Å². The Morgan fingerprint density at radius 3 is 2.54 bits per heavy atom. The second-order valence-electron chi connectivity index (χ2n) is 13.8. The molecule has 0 radical (unpaired) electrons. The number of aromatic nitrogens is 2. The van der Waals surface area contributed by atoms with Crippen LogP contribution >= 0.6 is 23.1 Å². The molecule has 286 valence electrons. The number of carboxylic acids is 2. The molecule has 3 amide bonds. The minimum atomic E-state index is -1.79. The predicted molar refractivity (Wildman–Crippen MR) is 198 cm³/mol. The van der Waals surface area contributed by atoms with Crippen LogP contribution < -0.4 is 21.8 Å². The van der Waals surface area contributed by atoms with Crippen molar-refractivity contribution in [1.82, 2.24) is 25.1 Å². The number of hydrogen-bond acceptors (Lipinski definition) is 13. The number of pyridine rings is 1. The molecule has 20 heteroatoms. The number of fused-ring (bicyclic) bond motifs is 2. The summed E-state index contributed by atoms with van der Waals surface area (Å²) in [6.45, 7) is 5.02. The number of aliphatic carboxylic acids is 2. The SMILES string of the molecule is Cn1cc(O)c(=O)c2cccc(C(=O)NCC[N+]3(CC4=C(C(=O)O)N5C(=O)[C@@H](NC(=O)/C(=N\OC(C)(C)C(=O)O)c6csc(N)n6)[C@H]5SC4)CCCC3)c21. The van der Waals surface area contributed by atoms with Crippen LogP contribution in [0.25, 0.3) is 10.9 Å². The topological polar surface area (TPSA) is 256 Å². The van der Waals surface area contributed by atoms with Crippen molar-refractivity contribution in [3.63, 3.8) is 0 Å². The molecule has 54 heavy (non-hydrogen) atoms. The lowest BCUT2D eigenvalue weighted by atomic mass is 10.0. The molecule has 2 saturated heterocycles. The van der Waals surface area contributed by atoms with Crippen molar-refractivity contribution in [2.24, 2.45) is 12.2 Å². The highest BCUT2D eigenvalue weighted by Gasteiger charge is 2.55. The normalized spacial score (nSPS) is 19.6. The summed E-state index contributed by atoms with van der Waals surface area (Å²) in [5.74, 6) is -4.70. The third kappa shape index (κ3) is 7.23. The standard InChI is InChI=1S/C34H38N8O10S2/c1-34(2,32(50)51)52-39-22(20-16-54-33(35)37-20)28(46)38-23-29(47)41-24(31(48)49)17(15-53-30(23)41)14-42(10-4-5-11-42)12-9-36-27(45)19-8-6-7-18-25(19)40(3)13-21(43)26(18)44/h6-8,13,16,23,30H,4-5,9-12,14-15H2,1-3H3,(H6-,35,36,37,38,43,45,46,48,49,50,51)/p+1/b39-22-/t23-,30-/m1/s1. The summed E-state index contributed by atoms with van der Waals surface area (Å²) in [5, 5.41) is 40.1. The number of amides is 3. The van der Waals surface area contributed by atoms with E-state index in [1.54, 1.807) is 25.2 Å². The van der Waals surface area contributed by atoms with Crippen molar-refractivity contribution in [1.29, 1.82) is 0 Å². The van der Waals surface area contributed by atoms with Crippen LogP contribution in [0.15, 0.2) is 51.0 Å². The second-order valence-corrected chi connectivity index (χ2v) is 15.8. The fourth-order valence-corrected chi connectivity index (χ4v) is 8.81. The summed E-state index contributed by atoms with van der Waals surface area (Å²) in [6, 6.07) is 3.61. The predicted octanol–water partition coefficient (Wildman–Crippen LogP) is 0.646. The summed E-state index contributed by atoms with van der Waals surface area (Å²) in [5.41, 5.74) is 4.04. The third-order valence-corrected chi connectivity index (χ3v) is 11.7. The van der Waals surface area contributed by atoms with E-state index < -0.39 is 63.6 Å². The quantitative estimate of drug-likeness (QED) is 0.0603. The van der Waals surface area contributed by atoms with Gasteiger partial charge in [0.1, 0.15) is 29.4 Å². The van der Waals surface area contributed by atoms with Crippen molar-refractivity contribution in [3.8, 4) is 5.75 Å². The van der Waals surface area contributed by atoms with Gasteiger partial charge < -0.3 is 45.6 Å². The number of β-lactam (4-membered cyclic amide) rings is 1. The number of carbonyl (C=O) groups is 5. The Hall–Kier alpha value is -5.47. The van der Waals surface area contributed by atoms with Gasteiger partial charge in [-0.2, -0.15) is 0 Å². The lowest BCUT2D eigenvalue weighted by Gasteiger charge is -2.50. The highest BCUT2D eigenvalue weighted by atomic mass is 32.2. The zero-order valence-electron chi connectivity index (χ0n) is 29.5. The Kier molecular flexibility index (Phi) is 10.4. The number of thioether (sulfide) groups is 1. The van der Waals surface area contributed by atoms with Gasteiger partial charge in [0.25, 0.3) is 17.7 Å². The number of nitrogen functional groups attached to an aromatic ring is 1. The maximum Gasteiger partial charge on any atom is 0.352 e. The number of aromatic hydroxyl groups is 1. The molecule has 5 heterocycles. The first-order chi connectivity index (χ1) is 25.5. The third-order valence-electron chi connectivity index (χ3n) is 9.74. The van der Waals surface area contributed by atoms with Gasteiger partial charge in [-0.3, -0.25) is 24.1 Å². The number of likely N-dealkylation sites (tertiary alicyclic amines) is 1. The summed E-state index contributed by atoms with van der Waals surface area (Å²) < 4.78 is 2.02. The molecule has 18 nitrogen and oxygen atoms in total. The molecule has 7 N–H and O–H groups in total. The summed E-state index contributed by atoms with van der Waals surface area (Å²) in [6.07, 6.45) is 3.05. The average Bonchev–Trinajstić information content (AvgIpc) is 3.77. The van der Waals surface area contributed by atoms with Crippen molar-refractivity contribution >= 4 is 74.5 Å². The fraction of sp³-hybridized carbons (Fsp3) is 0.412. The number of nitrogens with one attached hydrogen (secondary N) is 2. The number of oxime groups is 1. The van der Waals surface area contributed by atoms with E-state index in [9.17, 15) is 44.1 Å².